The summed E-state index contributed by atoms with van der Waals surface area (Å²) in [5.41, 5.74) is 0.887. The van der Waals surface area contributed by atoms with Crippen molar-refractivity contribution in [3.63, 3.8) is 0 Å². The molecule has 1 aromatic rings. The van der Waals surface area contributed by atoms with Crippen molar-refractivity contribution >= 4 is 17.6 Å². The summed E-state index contributed by atoms with van der Waals surface area (Å²) >= 11 is 1.53. The van der Waals surface area contributed by atoms with Crippen molar-refractivity contribution in [1.29, 1.82) is 0 Å². The lowest BCUT2D eigenvalue weighted by Crippen LogP contribution is -2.43. The predicted molar refractivity (Wildman–Crippen MR) is 89.9 cm³/mol. The lowest BCUT2D eigenvalue weighted by Gasteiger charge is -2.37. The van der Waals surface area contributed by atoms with Crippen LogP contribution in [0.25, 0.3) is 0 Å². The van der Waals surface area contributed by atoms with E-state index in [9.17, 15) is 4.39 Å². The molecule has 0 saturated heterocycles. The minimum atomic E-state index is -0.312. The van der Waals surface area contributed by atoms with Crippen LogP contribution < -0.4 is 14.4 Å². The molecule has 0 atom stereocenters. The molecule has 1 heterocycles. The van der Waals surface area contributed by atoms with Crippen LogP contribution in [0.3, 0.4) is 0 Å². The van der Waals surface area contributed by atoms with E-state index in [0.29, 0.717) is 5.75 Å². The number of nitrogens with one attached hydrogen (secondary N) is 1. The van der Waals surface area contributed by atoms with Gasteiger partial charge >= 0.3 is 0 Å². The maximum Gasteiger partial charge on any atom is 0.167 e. The lowest BCUT2D eigenvalue weighted by molar-refractivity contribution is 0.384. The van der Waals surface area contributed by atoms with Gasteiger partial charge in [-0.05, 0) is 32.7 Å². The third-order valence-corrected chi connectivity index (χ3v) is 3.85. The first-order valence-electron chi connectivity index (χ1n) is 7.40. The second-order valence-corrected chi connectivity index (χ2v) is 6.91. The summed E-state index contributed by atoms with van der Waals surface area (Å²) in [6, 6.07) is 3.33. The van der Waals surface area contributed by atoms with Gasteiger partial charge in [0.15, 0.2) is 11.6 Å². The summed E-state index contributed by atoms with van der Waals surface area (Å²) in [6.07, 6.45) is 1.25. The van der Waals surface area contributed by atoms with Crippen molar-refractivity contribution in [3.05, 3.63) is 17.9 Å². The summed E-state index contributed by atoms with van der Waals surface area (Å²) < 4.78 is 22.2. The van der Waals surface area contributed by atoms with E-state index in [1.54, 1.807) is 12.1 Å². The number of hydrogen-bond acceptors (Lipinski definition) is 4. The Balaban J connectivity index is 0.000000677. The Bertz CT molecular complexity index is 460. The average molecular weight is 314 g/mol. The van der Waals surface area contributed by atoms with Crippen LogP contribution in [0.15, 0.2) is 17.0 Å². The summed E-state index contributed by atoms with van der Waals surface area (Å²) in [6.45, 7) is 12.4. The van der Waals surface area contributed by atoms with E-state index in [-0.39, 0.29) is 11.4 Å². The van der Waals surface area contributed by atoms with Crippen molar-refractivity contribution in [3.8, 4) is 5.75 Å². The highest BCUT2D eigenvalue weighted by molar-refractivity contribution is 7.97. The Morgan fingerprint density at radius 3 is 2.48 bits per heavy atom. The number of ether oxygens (including phenoxy) is 1. The Morgan fingerprint density at radius 2 is 1.95 bits per heavy atom. The van der Waals surface area contributed by atoms with E-state index < -0.39 is 0 Å². The molecule has 0 fully saturated rings. The van der Waals surface area contributed by atoms with Crippen molar-refractivity contribution in [2.75, 3.05) is 25.1 Å². The molecule has 0 saturated carbocycles. The highest BCUT2D eigenvalue weighted by Gasteiger charge is 2.27. The van der Waals surface area contributed by atoms with E-state index in [4.69, 9.17) is 4.74 Å². The fourth-order valence-electron chi connectivity index (χ4n) is 2.08. The molecule has 0 amide bonds. The van der Waals surface area contributed by atoms with E-state index in [1.165, 1.54) is 25.5 Å². The lowest BCUT2D eigenvalue weighted by atomic mass is 10.0. The summed E-state index contributed by atoms with van der Waals surface area (Å²) in [7, 11) is 1.49. The fourth-order valence-corrected chi connectivity index (χ4v) is 2.87. The third kappa shape index (κ3) is 4.78. The predicted octanol–water partition coefficient (Wildman–Crippen LogP) is 4.47. The van der Waals surface area contributed by atoms with Gasteiger partial charge in [-0.3, -0.25) is 4.72 Å². The molecule has 1 N–H and O–H groups in total. The molecule has 1 aromatic carbocycles. The number of anilines is 1. The fraction of sp³-hybridized carbons (Fsp3) is 0.625. The number of halogens is 1. The second-order valence-electron chi connectivity index (χ2n) is 5.98. The van der Waals surface area contributed by atoms with E-state index in [1.807, 2.05) is 0 Å². The van der Waals surface area contributed by atoms with Crippen LogP contribution in [-0.2, 0) is 0 Å². The minimum Gasteiger partial charge on any atom is -0.494 e. The van der Waals surface area contributed by atoms with Crippen LogP contribution in [0.2, 0.25) is 0 Å². The molecule has 0 aromatic heterocycles. The number of methoxy groups -OCH3 is 1. The number of fused-ring (bicyclic) bond motifs is 1. The smallest absolute Gasteiger partial charge is 0.167 e. The van der Waals surface area contributed by atoms with Gasteiger partial charge in [0.25, 0.3) is 0 Å². The average Bonchev–Trinajstić information content (AvgIpc) is 2.60. The van der Waals surface area contributed by atoms with Gasteiger partial charge in [0.2, 0.25) is 0 Å². The minimum absolute atomic E-state index is 0.0393. The van der Waals surface area contributed by atoms with Crippen LogP contribution in [-0.4, -0.2) is 25.7 Å². The Hall–Kier alpha value is -0.940. The van der Waals surface area contributed by atoms with E-state index >= 15 is 0 Å². The van der Waals surface area contributed by atoms with Crippen molar-refractivity contribution < 1.29 is 9.13 Å². The van der Waals surface area contributed by atoms with Crippen LogP contribution in [0.1, 0.15) is 41.0 Å². The molecule has 2 rings (SSSR count). The van der Waals surface area contributed by atoms with Crippen LogP contribution in [0.4, 0.5) is 10.1 Å². The van der Waals surface area contributed by atoms with Gasteiger partial charge in [0.1, 0.15) is 0 Å². The molecule has 1 aliphatic heterocycles. The van der Waals surface area contributed by atoms with Gasteiger partial charge in [-0.2, -0.15) is 0 Å². The quantitative estimate of drug-likeness (QED) is 0.773. The van der Waals surface area contributed by atoms with Crippen molar-refractivity contribution in [2.24, 2.45) is 0 Å². The number of nitrogens with zero attached hydrogens (tertiary/aromatic N) is 1. The zero-order valence-electron chi connectivity index (χ0n) is 13.9. The van der Waals surface area contributed by atoms with E-state index in [2.05, 4.69) is 44.2 Å². The molecular formula is C16H27FN2OS. The summed E-state index contributed by atoms with van der Waals surface area (Å²) in [5, 5.41) is 0. The van der Waals surface area contributed by atoms with Crippen molar-refractivity contribution in [2.45, 2.75) is 51.5 Å². The van der Waals surface area contributed by atoms with Gasteiger partial charge in [-0.1, -0.05) is 20.3 Å². The zero-order valence-corrected chi connectivity index (χ0v) is 14.7. The maximum atomic E-state index is 13.9. The molecule has 1 aliphatic rings. The number of hydrogen-bond donors (Lipinski definition) is 1. The molecule has 0 radical (unpaired) electrons. The molecule has 21 heavy (non-hydrogen) atoms. The number of rotatable bonds is 1. The third-order valence-electron chi connectivity index (χ3n) is 2.95. The van der Waals surface area contributed by atoms with Crippen LogP contribution >= 0.6 is 11.9 Å². The van der Waals surface area contributed by atoms with Crippen molar-refractivity contribution in [1.82, 2.24) is 4.72 Å². The second kappa shape index (κ2) is 7.90. The van der Waals surface area contributed by atoms with Gasteiger partial charge < -0.3 is 9.64 Å². The molecule has 3 nitrogen and oxygen atoms in total. The first kappa shape index (κ1) is 18.1. The maximum absolute atomic E-state index is 13.9. The highest BCUT2D eigenvalue weighted by atomic mass is 32.2. The Kier molecular flexibility index (Phi) is 6.81. The molecule has 0 bridgehead atoms. The SMILES string of the molecule is CCC.COc1cc2c(cc1F)N(C(C)(C)C)CCNS2. The largest absolute Gasteiger partial charge is 0.494 e. The summed E-state index contributed by atoms with van der Waals surface area (Å²) in [5.74, 6) is -0.0215. The van der Waals surface area contributed by atoms with Crippen LogP contribution in [0.5, 0.6) is 5.75 Å². The van der Waals surface area contributed by atoms with Gasteiger partial charge in [-0.25, -0.2) is 4.39 Å². The van der Waals surface area contributed by atoms with Crippen LogP contribution in [0, 0.1) is 5.82 Å². The normalized spacial score (nSPS) is 14.7. The zero-order chi connectivity index (χ0) is 16.0. The molecule has 5 heteroatoms. The topological polar surface area (TPSA) is 24.5 Å². The molecule has 0 spiro atoms. The van der Waals surface area contributed by atoms with Gasteiger partial charge in [-0.15, -0.1) is 0 Å². The Labute approximate surface area is 132 Å². The van der Waals surface area contributed by atoms with E-state index in [0.717, 1.165) is 23.7 Å². The van der Waals surface area contributed by atoms with Gasteiger partial charge in [0.05, 0.1) is 17.7 Å². The first-order valence-corrected chi connectivity index (χ1v) is 8.21. The standard InChI is InChI=1S/C13H19FN2OS.C3H8/c1-13(2,3)16-6-5-15-18-12-8-11(17-4)9(14)7-10(12)16;1-3-2/h7-8,15H,5-6H2,1-4H3;3H2,1-2H3. The molecular weight excluding hydrogens is 287 g/mol. The Morgan fingerprint density at radius 1 is 1.33 bits per heavy atom. The number of benzene rings is 1. The van der Waals surface area contributed by atoms with Gasteiger partial charge in [0, 0.05) is 30.8 Å². The molecule has 0 aliphatic carbocycles. The highest BCUT2D eigenvalue weighted by Crippen LogP contribution is 2.38. The molecule has 0 unspecified atom stereocenters. The molecule has 120 valence electrons. The monoisotopic (exact) mass is 314 g/mol. The summed E-state index contributed by atoms with van der Waals surface area (Å²) in [4.78, 5) is 3.22. The first-order chi connectivity index (χ1) is 9.85.